The van der Waals surface area contributed by atoms with Crippen LogP contribution < -0.4 is 38.2 Å². The number of aliphatic hydroxyl groups excluding tert-OH is 1. The van der Waals surface area contributed by atoms with E-state index in [1.165, 1.54) is 0 Å². The van der Waals surface area contributed by atoms with Gasteiger partial charge in [0, 0.05) is 12.8 Å². The van der Waals surface area contributed by atoms with Crippen LogP contribution in [-0.2, 0) is 16.0 Å². The lowest BCUT2D eigenvalue weighted by molar-refractivity contribution is -0.923. The average molecular weight is 489 g/mol. The molecule has 4 rings (SSSR count). The molecule has 0 aromatic heterocycles. The number of hydrogen-bond donors (Lipinski definition) is 1. The highest BCUT2D eigenvalue weighted by molar-refractivity contribution is 5.90. The van der Waals surface area contributed by atoms with E-state index in [1.54, 1.807) is 7.11 Å². The summed E-state index contributed by atoms with van der Waals surface area (Å²) >= 11 is 0. The van der Waals surface area contributed by atoms with E-state index in [1.807, 2.05) is 6.07 Å². The first-order valence-corrected chi connectivity index (χ1v) is 8.82. The number of carbonyl (C=O) groups excluding carboxylic acids is 1. The molecular weight excluding hydrogens is 465 g/mol. The number of rotatable bonds is 3. The van der Waals surface area contributed by atoms with Crippen LogP contribution >= 0.6 is 0 Å². The zero-order valence-corrected chi connectivity index (χ0v) is 17.9. The molecule has 8 heteroatoms. The molecule has 1 saturated heterocycles. The largest absolute Gasteiger partial charge is 1.00 e. The summed E-state index contributed by atoms with van der Waals surface area (Å²) in [6.07, 6.45) is 1.68. The van der Waals surface area contributed by atoms with Gasteiger partial charge in [-0.05, 0) is 11.6 Å². The SMILES string of the molecule is COc1c2c(cc3c1C(C/C(O)=C1\CCOC1=O)[N+](C)(C)CC3)OCO2.[I-]. The summed E-state index contributed by atoms with van der Waals surface area (Å²) in [5, 5.41) is 10.7. The zero-order valence-electron chi connectivity index (χ0n) is 15.7. The zero-order chi connectivity index (χ0) is 18.5. The lowest BCUT2D eigenvalue weighted by atomic mass is 9.86. The summed E-state index contributed by atoms with van der Waals surface area (Å²) in [7, 11) is 5.88. The number of ether oxygens (including phenoxy) is 4. The highest BCUT2D eigenvalue weighted by Gasteiger charge is 2.42. The van der Waals surface area contributed by atoms with E-state index in [0.717, 1.165) is 24.1 Å². The molecule has 1 N–H and O–H groups in total. The van der Waals surface area contributed by atoms with Crippen LogP contribution in [0.25, 0.3) is 0 Å². The van der Waals surface area contributed by atoms with E-state index in [2.05, 4.69) is 14.1 Å². The second-order valence-corrected chi connectivity index (χ2v) is 7.50. The molecule has 1 fully saturated rings. The fraction of sp³-hybridized carbons (Fsp3) is 0.526. The highest BCUT2D eigenvalue weighted by Crippen LogP contribution is 2.51. The second kappa shape index (κ2) is 7.38. The minimum absolute atomic E-state index is 0. The summed E-state index contributed by atoms with van der Waals surface area (Å²) in [6, 6.07) is 1.95. The summed E-state index contributed by atoms with van der Waals surface area (Å²) in [4.78, 5) is 11.8. The molecule has 0 spiro atoms. The van der Waals surface area contributed by atoms with Crippen LogP contribution in [0.5, 0.6) is 17.2 Å². The van der Waals surface area contributed by atoms with E-state index < -0.39 is 5.97 Å². The van der Waals surface area contributed by atoms with Crippen LogP contribution in [0, 0.1) is 0 Å². The van der Waals surface area contributed by atoms with Crippen molar-refractivity contribution in [2.75, 3.05) is 41.1 Å². The van der Waals surface area contributed by atoms with Crippen molar-refractivity contribution >= 4 is 5.97 Å². The number of hydrogen-bond acceptors (Lipinski definition) is 6. The maximum atomic E-state index is 11.8. The van der Waals surface area contributed by atoms with Crippen molar-refractivity contribution in [3.8, 4) is 17.2 Å². The molecule has 0 aliphatic carbocycles. The number of quaternary nitrogens is 1. The smallest absolute Gasteiger partial charge is 0.337 e. The second-order valence-electron chi connectivity index (χ2n) is 7.50. The third-order valence-electron chi connectivity index (χ3n) is 5.65. The lowest BCUT2D eigenvalue weighted by Crippen LogP contribution is -3.00. The van der Waals surface area contributed by atoms with Crippen molar-refractivity contribution in [1.82, 2.24) is 0 Å². The number of benzene rings is 1. The Bertz CT molecular complexity index is 804. The molecule has 1 atom stereocenters. The predicted molar refractivity (Wildman–Crippen MR) is 92.4 cm³/mol. The minimum Gasteiger partial charge on any atom is -1.00 e. The molecule has 7 nitrogen and oxygen atoms in total. The number of nitrogens with zero attached hydrogens (tertiary/aromatic N) is 1. The van der Waals surface area contributed by atoms with E-state index in [9.17, 15) is 9.90 Å². The van der Waals surface area contributed by atoms with Gasteiger partial charge in [-0.15, -0.1) is 0 Å². The van der Waals surface area contributed by atoms with E-state index in [4.69, 9.17) is 18.9 Å². The van der Waals surface area contributed by atoms with Gasteiger partial charge in [0.05, 0.1) is 51.9 Å². The van der Waals surface area contributed by atoms with Crippen molar-refractivity contribution in [3.63, 3.8) is 0 Å². The third kappa shape index (κ3) is 3.33. The van der Waals surface area contributed by atoms with Gasteiger partial charge >= 0.3 is 5.97 Å². The third-order valence-corrected chi connectivity index (χ3v) is 5.65. The van der Waals surface area contributed by atoms with Gasteiger partial charge in [0.15, 0.2) is 11.5 Å². The Morgan fingerprint density at radius 1 is 1.30 bits per heavy atom. The van der Waals surface area contributed by atoms with E-state index in [-0.39, 0.29) is 42.6 Å². The topological polar surface area (TPSA) is 74.2 Å². The lowest BCUT2D eigenvalue weighted by Gasteiger charge is -2.43. The molecule has 1 aromatic rings. The Hall–Kier alpha value is -1.68. The summed E-state index contributed by atoms with van der Waals surface area (Å²) in [6.45, 7) is 1.42. The van der Waals surface area contributed by atoms with Gasteiger partial charge in [0.2, 0.25) is 12.5 Å². The molecule has 148 valence electrons. The number of carbonyl (C=O) groups is 1. The molecule has 1 unspecified atom stereocenters. The molecule has 27 heavy (non-hydrogen) atoms. The highest BCUT2D eigenvalue weighted by atomic mass is 127. The first-order valence-electron chi connectivity index (χ1n) is 8.82. The molecule has 0 saturated carbocycles. The van der Waals surface area contributed by atoms with E-state index >= 15 is 0 Å². The summed E-state index contributed by atoms with van der Waals surface area (Å²) in [5.41, 5.74) is 2.55. The predicted octanol–water partition coefficient (Wildman–Crippen LogP) is -0.749. The van der Waals surface area contributed by atoms with Gasteiger partial charge in [-0.3, -0.25) is 0 Å². The average Bonchev–Trinajstić information content (AvgIpc) is 3.24. The summed E-state index contributed by atoms with van der Waals surface area (Å²) in [5.74, 6) is 1.68. The van der Waals surface area contributed by atoms with Crippen LogP contribution in [0.3, 0.4) is 0 Å². The van der Waals surface area contributed by atoms with Gasteiger partial charge in [-0.25, -0.2) is 4.79 Å². The molecular formula is C19H24INO6. The van der Waals surface area contributed by atoms with Gasteiger partial charge in [0.25, 0.3) is 0 Å². The van der Waals surface area contributed by atoms with Gasteiger partial charge in [0.1, 0.15) is 11.8 Å². The molecule has 3 aliphatic heterocycles. The summed E-state index contributed by atoms with van der Waals surface area (Å²) < 4.78 is 22.5. The number of aliphatic hydroxyl groups is 1. The standard InChI is InChI=1S/C19H23NO6.HI/c1-20(2)6-4-11-8-15-17(26-10-25-15)18(23-3)16(11)13(20)9-14(21)12-5-7-24-19(12)22;/h8,13H,4-7,9-10H2,1-3H3;1H. The van der Waals surface area contributed by atoms with Crippen molar-refractivity contribution in [2.24, 2.45) is 0 Å². The maximum Gasteiger partial charge on any atom is 0.337 e. The number of likely N-dealkylation sites (N-methyl/N-ethyl adjacent to an activating group) is 1. The maximum absolute atomic E-state index is 11.8. The van der Waals surface area contributed by atoms with Crippen molar-refractivity contribution in [3.05, 3.63) is 28.5 Å². The Kier molecular flexibility index (Phi) is 5.49. The van der Waals surface area contributed by atoms with Crippen LogP contribution in [0.15, 0.2) is 17.4 Å². The monoisotopic (exact) mass is 489 g/mol. The number of methoxy groups -OCH3 is 1. The van der Waals surface area contributed by atoms with Crippen LogP contribution in [0.4, 0.5) is 0 Å². The first kappa shape index (κ1) is 20.1. The molecule has 0 radical (unpaired) electrons. The quantitative estimate of drug-likeness (QED) is 0.198. The Morgan fingerprint density at radius 3 is 2.74 bits per heavy atom. The van der Waals surface area contributed by atoms with Crippen molar-refractivity contribution in [2.45, 2.75) is 25.3 Å². The van der Waals surface area contributed by atoms with Gasteiger partial charge < -0.3 is 52.5 Å². The van der Waals surface area contributed by atoms with Crippen LogP contribution in [0.2, 0.25) is 0 Å². The fourth-order valence-electron chi connectivity index (χ4n) is 4.12. The molecule has 0 amide bonds. The van der Waals surface area contributed by atoms with E-state index in [0.29, 0.717) is 46.8 Å². The Labute approximate surface area is 175 Å². The number of cyclic esters (lactones) is 1. The Balaban J connectivity index is 0.00000210. The molecule has 3 heterocycles. The first-order chi connectivity index (χ1) is 12.4. The van der Waals surface area contributed by atoms with Crippen LogP contribution in [0.1, 0.15) is 30.0 Å². The normalized spacial score (nSPS) is 24.0. The number of esters is 1. The minimum atomic E-state index is -0.415. The molecule has 3 aliphatic rings. The number of halogens is 1. The van der Waals surface area contributed by atoms with Crippen LogP contribution in [-0.4, -0.2) is 56.7 Å². The number of fused-ring (bicyclic) bond motifs is 2. The molecule has 0 bridgehead atoms. The molecule has 1 aromatic carbocycles. The van der Waals surface area contributed by atoms with Gasteiger partial charge in [-0.1, -0.05) is 0 Å². The van der Waals surface area contributed by atoms with Crippen molar-refractivity contribution in [1.29, 1.82) is 0 Å². The van der Waals surface area contributed by atoms with Gasteiger partial charge in [-0.2, -0.15) is 0 Å². The Morgan fingerprint density at radius 2 is 2.07 bits per heavy atom. The fourth-order valence-corrected chi connectivity index (χ4v) is 4.12. The van der Waals surface area contributed by atoms with Crippen molar-refractivity contribution < 1.29 is 57.3 Å².